The predicted octanol–water partition coefficient (Wildman–Crippen LogP) is 6.66. The number of piperidine rings is 1. The maximum Gasteiger partial charge on any atom is 0.0138 e. The number of rotatable bonds is 5. The van der Waals surface area contributed by atoms with Gasteiger partial charge in [0.05, 0.1) is 0 Å². The highest BCUT2D eigenvalue weighted by Gasteiger charge is 2.43. The molecule has 170 valence electrons. The van der Waals surface area contributed by atoms with Gasteiger partial charge in [-0.3, -0.25) is 0 Å². The van der Waals surface area contributed by atoms with Crippen molar-refractivity contribution < 1.29 is 0 Å². The van der Waals surface area contributed by atoms with Crippen LogP contribution >= 0.6 is 34.0 Å². The van der Waals surface area contributed by atoms with Crippen LogP contribution in [0.3, 0.4) is 0 Å². The topological polar surface area (TPSA) is 6.48 Å². The van der Waals surface area contributed by atoms with E-state index >= 15 is 0 Å². The quantitative estimate of drug-likeness (QED) is 0.411. The molecule has 31 heavy (non-hydrogen) atoms. The van der Waals surface area contributed by atoms with E-state index in [-0.39, 0.29) is 34.0 Å². The van der Waals surface area contributed by atoms with E-state index in [1.807, 2.05) is 0 Å². The first-order valence-electron chi connectivity index (χ1n) is 12.0. The Morgan fingerprint density at radius 1 is 0.677 bits per heavy atom. The van der Waals surface area contributed by atoms with Gasteiger partial charge in [0.25, 0.3) is 0 Å². The number of benzene rings is 2. The number of hydrogen-bond donors (Lipinski definition) is 0. The number of halogens is 2. The molecule has 2 heterocycles. The third-order valence-electron chi connectivity index (χ3n) is 7.71. The highest BCUT2D eigenvalue weighted by Crippen LogP contribution is 2.52. The molecule has 0 radical (unpaired) electrons. The third kappa shape index (κ3) is 5.63. The summed E-state index contributed by atoms with van der Waals surface area (Å²) >= 11 is 0. The molecule has 0 unspecified atom stereocenters. The minimum absolute atomic E-state index is 0. The van der Waals surface area contributed by atoms with Gasteiger partial charge in [0.1, 0.15) is 0 Å². The lowest BCUT2D eigenvalue weighted by atomic mass is 9.79. The standard InChI is InChI=1S/C27H36N2.2BrH/c1-2-9-17-28(16-8-1)18-10-19-29-20-15-24-23-13-6-7-14-25(23)27(26(24)21-29)22-11-4-3-5-12-22;;/h3-7,11-14,24,26-27H,1-2,8-10,15-21H2;2*1H/t24-,26-,27-;;/m0../s1. The Balaban J connectivity index is 0.00000136. The second-order valence-corrected chi connectivity index (χ2v) is 9.49. The average molecular weight is 550 g/mol. The van der Waals surface area contributed by atoms with Gasteiger partial charge in [0.15, 0.2) is 0 Å². The van der Waals surface area contributed by atoms with Gasteiger partial charge in [0, 0.05) is 12.5 Å². The monoisotopic (exact) mass is 548 g/mol. The van der Waals surface area contributed by atoms with E-state index in [0.717, 1.165) is 11.8 Å². The van der Waals surface area contributed by atoms with E-state index in [0.29, 0.717) is 5.92 Å². The van der Waals surface area contributed by atoms with Gasteiger partial charge >= 0.3 is 0 Å². The molecule has 1 aliphatic carbocycles. The Bertz CT molecular complexity index is 789. The van der Waals surface area contributed by atoms with Gasteiger partial charge in [-0.15, -0.1) is 34.0 Å². The summed E-state index contributed by atoms with van der Waals surface area (Å²) in [4.78, 5) is 5.50. The first-order valence-corrected chi connectivity index (χ1v) is 12.0. The molecule has 2 fully saturated rings. The Morgan fingerprint density at radius 3 is 2.06 bits per heavy atom. The molecule has 5 rings (SSSR count). The summed E-state index contributed by atoms with van der Waals surface area (Å²) in [5.41, 5.74) is 4.74. The van der Waals surface area contributed by atoms with Crippen LogP contribution in [0.2, 0.25) is 0 Å². The van der Waals surface area contributed by atoms with Crippen LogP contribution in [0.4, 0.5) is 0 Å². The number of nitrogens with zero attached hydrogens (tertiary/aromatic N) is 2. The van der Waals surface area contributed by atoms with Crippen molar-refractivity contribution in [3.8, 4) is 0 Å². The molecule has 0 bridgehead atoms. The average Bonchev–Trinajstić information content (AvgIpc) is 2.89. The zero-order chi connectivity index (χ0) is 19.5. The van der Waals surface area contributed by atoms with Crippen molar-refractivity contribution >= 4 is 34.0 Å². The maximum absolute atomic E-state index is 2.78. The SMILES string of the molecule is Br.Br.c1ccc([C@H]2c3ccccc3[C@@H]3CCN(CCCN4CCCCCC4)C[C@H]23)cc1. The van der Waals surface area contributed by atoms with Crippen molar-refractivity contribution in [3.63, 3.8) is 0 Å². The van der Waals surface area contributed by atoms with Crippen molar-refractivity contribution in [2.75, 3.05) is 39.3 Å². The molecule has 0 N–H and O–H groups in total. The van der Waals surface area contributed by atoms with Crippen LogP contribution in [0.15, 0.2) is 54.6 Å². The van der Waals surface area contributed by atoms with Crippen LogP contribution < -0.4 is 0 Å². The summed E-state index contributed by atoms with van der Waals surface area (Å²) in [5, 5.41) is 0. The van der Waals surface area contributed by atoms with Crippen LogP contribution in [0.1, 0.15) is 67.1 Å². The van der Waals surface area contributed by atoms with Crippen molar-refractivity contribution in [2.45, 2.75) is 50.4 Å². The highest BCUT2D eigenvalue weighted by molar-refractivity contribution is 8.93. The molecule has 2 nitrogen and oxygen atoms in total. The van der Waals surface area contributed by atoms with Gasteiger partial charge in [0.2, 0.25) is 0 Å². The van der Waals surface area contributed by atoms with E-state index < -0.39 is 0 Å². The lowest BCUT2D eigenvalue weighted by Crippen LogP contribution is -2.41. The summed E-state index contributed by atoms with van der Waals surface area (Å²) in [5.74, 6) is 2.06. The fourth-order valence-corrected chi connectivity index (χ4v) is 6.31. The maximum atomic E-state index is 2.78. The van der Waals surface area contributed by atoms with Gasteiger partial charge in [-0.25, -0.2) is 0 Å². The Kier molecular flexibility index (Phi) is 9.64. The molecule has 2 aromatic carbocycles. The molecule has 0 spiro atoms. The van der Waals surface area contributed by atoms with Crippen molar-refractivity contribution in [2.24, 2.45) is 5.92 Å². The molecule has 4 heteroatoms. The fourth-order valence-electron chi connectivity index (χ4n) is 6.31. The molecule has 0 amide bonds. The van der Waals surface area contributed by atoms with Gasteiger partial charge in [-0.2, -0.15) is 0 Å². The predicted molar refractivity (Wildman–Crippen MR) is 142 cm³/mol. The third-order valence-corrected chi connectivity index (χ3v) is 7.71. The minimum atomic E-state index is 0. The number of likely N-dealkylation sites (tertiary alicyclic amines) is 2. The van der Waals surface area contributed by atoms with Crippen molar-refractivity contribution in [1.82, 2.24) is 9.80 Å². The molecular weight excluding hydrogens is 512 g/mol. The van der Waals surface area contributed by atoms with E-state index in [9.17, 15) is 0 Å². The van der Waals surface area contributed by atoms with E-state index in [4.69, 9.17) is 0 Å². The van der Waals surface area contributed by atoms with Crippen molar-refractivity contribution in [3.05, 3.63) is 71.3 Å². The van der Waals surface area contributed by atoms with Gasteiger partial charge in [-0.05, 0) is 86.9 Å². The van der Waals surface area contributed by atoms with Gasteiger partial charge in [-0.1, -0.05) is 67.4 Å². The normalized spacial score (nSPS) is 26.1. The van der Waals surface area contributed by atoms with E-state index in [1.54, 1.807) is 11.1 Å². The summed E-state index contributed by atoms with van der Waals surface area (Å²) in [7, 11) is 0. The summed E-state index contributed by atoms with van der Waals surface area (Å²) in [6.07, 6.45) is 8.35. The molecule has 2 aliphatic heterocycles. The van der Waals surface area contributed by atoms with Crippen LogP contribution in [-0.4, -0.2) is 49.1 Å². The summed E-state index contributed by atoms with van der Waals surface area (Å²) in [6.45, 7) is 7.77. The Labute approximate surface area is 209 Å². The fraction of sp³-hybridized carbons (Fsp3) is 0.556. The second kappa shape index (κ2) is 12.0. The molecule has 3 atom stereocenters. The van der Waals surface area contributed by atoms with Crippen LogP contribution in [-0.2, 0) is 0 Å². The minimum Gasteiger partial charge on any atom is -0.303 e. The molecule has 3 aliphatic rings. The van der Waals surface area contributed by atoms with Crippen molar-refractivity contribution in [1.29, 1.82) is 0 Å². The van der Waals surface area contributed by atoms with Crippen LogP contribution in [0, 0.1) is 5.92 Å². The van der Waals surface area contributed by atoms with Gasteiger partial charge < -0.3 is 9.80 Å². The zero-order valence-electron chi connectivity index (χ0n) is 18.6. The first-order chi connectivity index (χ1) is 14.4. The summed E-state index contributed by atoms with van der Waals surface area (Å²) < 4.78 is 0. The molecule has 2 saturated heterocycles. The second-order valence-electron chi connectivity index (χ2n) is 9.49. The molecule has 0 saturated carbocycles. The molecular formula is C27H38Br2N2. The Hall–Kier alpha value is -0.680. The lowest BCUT2D eigenvalue weighted by molar-refractivity contribution is 0.145. The number of fused-ring (bicyclic) bond motifs is 3. The lowest BCUT2D eigenvalue weighted by Gasteiger charge is -2.38. The van der Waals surface area contributed by atoms with E-state index in [2.05, 4.69) is 64.4 Å². The summed E-state index contributed by atoms with van der Waals surface area (Å²) in [6, 6.07) is 20.6. The molecule has 2 aromatic rings. The molecule has 0 aromatic heterocycles. The van der Waals surface area contributed by atoms with Crippen LogP contribution in [0.25, 0.3) is 0 Å². The smallest absolute Gasteiger partial charge is 0.0138 e. The largest absolute Gasteiger partial charge is 0.303 e. The zero-order valence-corrected chi connectivity index (χ0v) is 22.1. The van der Waals surface area contributed by atoms with Crippen LogP contribution in [0.5, 0.6) is 0 Å². The number of hydrogen-bond acceptors (Lipinski definition) is 2. The van der Waals surface area contributed by atoms with E-state index in [1.165, 1.54) is 83.4 Å². The highest BCUT2D eigenvalue weighted by atomic mass is 79.9. The first kappa shape index (κ1) is 25.0. The Morgan fingerprint density at radius 2 is 1.32 bits per heavy atom.